The Morgan fingerprint density at radius 2 is 1.82 bits per heavy atom. The van der Waals surface area contributed by atoms with Crippen LogP contribution in [-0.4, -0.2) is 74.2 Å². The molecule has 0 aromatic heterocycles. The highest BCUT2D eigenvalue weighted by Crippen LogP contribution is 2.26. The summed E-state index contributed by atoms with van der Waals surface area (Å²) in [6, 6.07) is 1.43. The number of likely N-dealkylation sites (tertiary alicyclic amines) is 2. The third kappa shape index (κ3) is 4.35. The van der Waals surface area contributed by atoms with Crippen molar-refractivity contribution < 1.29 is 0 Å². The maximum Gasteiger partial charge on any atom is 0.191 e. The van der Waals surface area contributed by atoms with Crippen molar-refractivity contribution in [2.75, 3.05) is 46.3 Å². The van der Waals surface area contributed by atoms with Crippen LogP contribution >= 0.6 is 0 Å². The summed E-state index contributed by atoms with van der Waals surface area (Å²) in [6.45, 7) is 7.13. The maximum absolute atomic E-state index is 4.40. The molecule has 5 nitrogen and oxygen atoms in total. The predicted octanol–water partition coefficient (Wildman–Crippen LogP) is 1.26. The van der Waals surface area contributed by atoms with Gasteiger partial charge in [0.15, 0.2) is 5.96 Å². The molecule has 3 aliphatic rings. The first-order valence-electron chi connectivity index (χ1n) is 9.29. The summed E-state index contributed by atoms with van der Waals surface area (Å²) >= 11 is 0. The largest absolute Gasteiger partial charge is 0.355 e. The van der Waals surface area contributed by atoms with Crippen LogP contribution in [0.4, 0.5) is 0 Å². The van der Waals surface area contributed by atoms with Crippen molar-refractivity contribution in [3.05, 3.63) is 0 Å². The van der Waals surface area contributed by atoms with E-state index in [0.29, 0.717) is 6.04 Å². The van der Waals surface area contributed by atoms with Gasteiger partial charge in [-0.1, -0.05) is 12.8 Å². The summed E-state index contributed by atoms with van der Waals surface area (Å²) in [5, 5.41) is 7.11. The van der Waals surface area contributed by atoms with E-state index in [9.17, 15) is 0 Å². The first-order chi connectivity index (χ1) is 10.8. The molecular formula is C17H33N5. The maximum atomic E-state index is 4.40. The van der Waals surface area contributed by atoms with Crippen molar-refractivity contribution >= 4 is 5.96 Å². The lowest BCUT2D eigenvalue weighted by Gasteiger charge is -2.24. The number of rotatable bonds is 5. The lowest BCUT2D eigenvalue weighted by atomic mass is 10.2. The van der Waals surface area contributed by atoms with Gasteiger partial charge in [-0.2, -0.15) is 0 Å². The summed E-state index contributed by atoms with van der Waals surface area (Å²) in [5.41, 5.74) is 0. The topological polar surface area (TPSA) is 42.9 Å². The quantitative estimate of drug-likeness (QED) is 0.593. The lowest BCUT2D eigenvalue weighted by molar-refractivity contribution is 0.242. The Labute approximate surface area is 135 Å². The van der Waals surface area contributed by atoms with Crippen LogP contribution in [0.15, 0.2) is 4.99 Å². The molecule has 0 radical (unpaired) electrons. The van der Waals surface area contributed by atoms with Gasteiger partial charge in [0.2, 0.25) is 0 Å². The molecule has 1 unspecified atom stereocenters. The first-order valence-corrected chi connectivity index (χ1v) is 9.29. The molecule has 0 spiro atoms. The highest BCUT2D eigenvalue weighted by atomic mass is 15.3. The fourth-order valence-electron chi connectivity index (χ4n) is 4.23. The molecule has 1 saturated carbocycles. The van der Waals surface area contributed by atoms with E-state index in [1.807, 2.05) is 7.05 Å². The van der Waals surface area contributed by atoms with Crippen molar-refractivity contribution in [2.24, 2.45) is 4.99 Å². The molecule has 5 heteroatoms. The van der Waals surface area contributed by atoms with E-state index in [-0.39, 0.29) is 0 Å². The zero-order chi connectivity index (χ0) is 15.2. The summed E-state index contributed by atoms with van der Waals surface area (Å²) in [4.78, 5) is 9.63. The molecule has 0 bridgehead atoms. The molecule has 2 N–H and O–H groups in total. The van der Waals surface area contributed by atoms with Crippen molar-refractivity contribution in [1.82, 2.24) is 20.4 Å². The standard InChI is InChI=1S/C17H33N5/c1-18-17(19-9-13-21-10-4-5-11-21)20-15-8-12-22(14-15)16-6-2-3-7-16/h15-16H,2-14H2,1H3,(H2,18,19,20). The van der Waals surface area contributed by atoms with Gasteiger partial charge in [0.25, 0.3) is 0 Å². The Bertz CT molecular complexity index is 358. The molecule has 0 amide bonds. The zero-order valence-corrected chi connectivity index (χ0v) is 14.2. The van der Waals surface area contributed by atoms with Crippen LogP contribution in [0.3, 0.4) is 0 Å². The lowest BCUT2D eigenvalue weighted by Crippen LogP contribution is -2.46. The molecular weight excluding hydrogens is 274 g/mol. The van der Waals surface area contributed by atoms with Crippen LogP contribution in [0.2, 0.25) is 0 Å². The van der Waals surface area contributed by atoms with Crippen molar-refractivity contribution in [3.63, 3.8) is 0 Å². The van der Waals surface area contributed by atoms with Crippen molar-refractivity contribution in [3.8, 4) is 0 Å². The molecule has 1 aliphatic carbocycles. The second kappa shape index (κ2) is 8.16. The molecule has 3 rings (SSSR count). The first kappa shape index (κ1) is 16.1. The average molecular weight is 307 g/mol. The highest BCUT2D eigenvalue weighted by molar-refractivity contribution is 5.80. The number of nitrogens with zero attached hydrogens (tertiary/aromatic N) is 3. The smallest absolute Gasteiger partial charge is 0.191 e. The number of aliphatic imine (C=N–C) groups is 1. The van der Waals surface area contributed by atoms with E-state index >= 15 is 0 Å². The minimum atomic E-state index is 0.568. The Morgan fingerprint density at radius 3 is 2.55 bits per heavy atom. The number of hydrogen-bond donors (Lipinski definition) is 2. The van der Waals surface area contributed by atoms with E-state index < -0.39 is 0 Å². The van der Waals surface area contributed by atoms with Gasteiger partial charge in [0, 0.05) is 45.3 Å². The summed E-state index contributed by atoms with van der Waals surface area (Å²) < 4.78 is 0. The van der Waals surface area contributed by atoms with E-state index in [2.05, 4.69) is 25.4 Å². The van der Waals surface area contributed by atoms with Crippen molar-refractivity contribution in [1.29, 1.82) is 0 Å². The van der Waals surface area contributed by atoms with Gasteiger partial charge in [0.1, 0.15) is 0 Å². The number of hydrogen-bond acceptors (Lipinski definition) is 3. The van der Waals surface area contributed by atoms with Crippen LogP contribution < -0.4 is 10.6 Å². The molecule has 3 fully saturated rings. The van der Waals surface area contributed by atoms with Gasteiger partial charge in [-0.25, -0.2) is 0 Å². The van der Waals surface area contributed by atoms with Crippen LogP contribution in [0.25, 0.3) is 0 Å². The average Bonchev–Trinajstić information content (AvgIpc) is 3.27. The van der Waals surface area contributed by atoms with Gasteiger partial charge < -0.3 is 15.5 Å². The Balaban J connectivity index is 1.35. The second-order valence-corrected chi connectivity index (χ2v) is 7.11. The Kier molecular flexibility index (Phi) is 5.96. The number of guanidine groups is 1. The minimum absolute atomic E-state index is 0.568. The second-order valence-electron chi connectivity index (χ2n) is 7.11. The van der Waals surface area contributed by atoms with E-state index in [1.165, 1.54) is 71.1 Å². The highest BCUT2D eigenvalue weighted by Gasteiger charge is 2.30. The van der Waals surface area contributed by atoms with Gasteiger partial charge in [-0.05, 0) is 45.2 Å². The molecule has 126 valence electrons. The molecule has 0 aromatic carbocycles. The van der Waals surface area contributed by atoms with E-state index in [1.54, 1.807) is 0 Å². The molecule has 1 atom stereocenters. The SMILES string of the molecule is CN=C(NCCN1CCCC1)NC1CCN(C2CCCC2)C1. The van der Waals surface area contributed by atoms with Gasteiger partial charge in [-0.3, -0.25) is 9.89 Å². The summed E-state index contributed by atoms with van der Waals surface area (Å²) in [7, 11) is 1.88. The molecule has 2 heterocycles. The Hall–Kier alpha value is -0.810. The molecule has 2 saturated heterocycles. The van der Waals surface area contributed by atoms with Gasteiger partial charge >= 0.3 is 0 Å². The fourth-order valence-corrected chi connectivity index (χ4v) is 4.23. The van der Waals surface area contributed by atoms with Crippen LogP contribution in [0.5, 0.6) is 0 Å². The fraction of sp³-hybridized carbons (Fsp3) is 0.941. The third-order valence-electron chi connectivity index (χ3n) is 5.54. The Morgan fingerprint density at radius 1 is 1.05 bits per heavy atom. The summed E-state index contributed by atoms with van der Waals surface area (Å²) in [5.74, 6) is 0.984. The minimum Gasteiger partial charge on any atom is -0.355 e. The van der Waals surface area contributed by atoms with E-state index in [0.717, 1.165) is 25.1 Å². The van der Waals surface area contributed by atoms with Crippen LogP contribution in [-0.2, 0) is 0 Å². The molecule has 2 aliphatic heterocycles. The number of nitrogens with one attached hydrogen (secondary N) is 2. The third-order valence-corrected chi connectivity index (χ3v) is 5.54. The molecule has 22 heavy (non-hydrogen) atoms. The normalized spacial score (nSPS) is 28.6. The monoisotopic (exact) mass is 307 g/mol. The van der Waals surface area contributed by atoms with Crippen LogP contribution in [0.1, 0.15) is 44.9 Å². The van der Waals surface area contributed by atoms with Gasteiger partial charge in [0.05, 0.1) is 0 Å². The zero-order valence-electron chi connectivity index (χ0n) is 14.2. The molecule has 0 aromatic rings. The van der Waals surface area contributed by atoms with Gasteiger partial charge in [-0.15, -0.1) is 0 Å². The van der Waals surface area contributed by atoms with E-state index in [4.69, 9.17) is 0 Å². The van der Waals surface area contributed by atoms with Crippen LogP contribution in [0, 0.1) is 0 Å². The predicted molar refractivity (Wildman–Crippen MR) is 92.4 cm³/mol. The van der Waals surface area contributed by atoms with Crippen molar-refractivity contribution in [2.45, 2.75) is 57.0 Å². The summed E-state index contributed by atoms with van der Waals surface area (Å²) in [6.07, 6.45) is 9.67.